The molecule has 1 aliphatic carbocycles. The van der Waals surface area contributed by atoms with Gasteiger partial charge in [-0.2, -0.15) is 0 Å². The maximum atomic E-state index is 13.1. The van der Waals surface area contributed by atoms with Gasteiger partial charge in [-0.3, -0.25) is 9.79 Å². The topological polar surface area (TPSA) is 66.0 Å². The highest BCUT2D eigenvalue weighted by atomic mass is 19.1. The molecule has 168 valence electrons. The minimum atomic E-state index is -0.430. The lowest BCUT2D eigenvalue weighted by Crippen LogP contribution is -2.63. The van der Waals surface area contributed by atoms with Crippen molar-refractivity contribution in [2.75, 3.05) is 30.3 Å². The number of carbonyl (C=O) groups excluding carboxylic acids is 1. The average molecular weight is 437 g/mol. The predicted octanol–water partition coefficient (Wildman–Crippen LogP) is 4.44. The third-order valence-corrected chi connectivity index (χ3v) is 6.66. The molecule has 0 bridgehead atoms. The number of hydrogen-bond donors (Lipinski definition) is 2. The van der Waals surface area contributed by atoms with E-state index in [1.807, 2.05) is 17.0 Å². The van der Waals surface area contributed by atoms with Gasteiger partial charge in [-0.05, 0) is 62.1 Å². The van der Waals surface area contributed by atoms with E-state index in [1.165, 1.54) is 37.1 Å². The highest BCUT2D eigenvalue weighted by molar-refractivity contribution is 6.10. The van der Waals surface area contributed by atoms with Crippen LogP contribution in [0.4, 0.5) is 15.8 Å². The van der Waals surface area contributed by atoms with Gasteiger partial charge in [0.25, 0.3) is 5.91 Å². The first-order valence-electron chi connectivity index (χ1n) is 11.5. The molecule has 2 aliphatic heterocycles. The van der Waals surface area contributed by atoms with E-state index in [-0.39, 0.29) is 18.3 Å². The number of halogens is 1. The number of hydrogen-bond acceptors (Lipinski definition) is 4. The third-order valence-electron chi connectivity index (χ3n) is 6.66. The average Bonchev–Trinajstić information content (AvgIpc) is 3.32. The number of para-hydroxylation sites is 2. The summed E-state index contributed by atoms with van der Waals surface area (Å²) >= 11 is 0. The van der Waals surface area contributed by atoms with Crippen molar-refractivity contribution < 1.29 is 13.9 Å². The number of piperidine rings is 1. The molecular weight excluding hydrogens is 407 g/mol. The third kappa shape index (κ3) is 4.29. The quantitative estimate of drug-likeness (QED) is 0.744. The summed E-state index contributed by atoms with van der Waals surface area (Å²) < 4.78 is 18.7. The fourth-order valence-corrected chi connectivity index (χ4v) is 4.97. The van der Waals surface area contributed by atoms with Crippen molar-refractivity contribution in [2.24, 2.45) is 4.99 Å². The van der Waals surface area contributed by atoms with Crippen LogP contribution in [0, 0.1) is 5.82 Å². The van der Waals surface area contributed by atoms with Crippen LogP contribution in [0.15, 0.2) is 53.5 Å². The van der Waals surface area contributed by atoms with Crippen LogP contribution in [-0.2, 0) is 4.79 Å². The lowest BCUT2D eigenvalue weighted by Gasteiger charge is -2.47. The largest absolute Gasteiger partial charge is 0.484 e. The molecular formula is C25H29FN4O2. The van der Waals surface area contributed by atoms with E-state index in [2.05, 4.69) is 22.8 Å². The van der Waals surface area contributed by atoms with Gasteiger partial charge in [0.05, 0.1) is 24.0 Å². The van der Waals surface area contributed by atoms with Crippen molar-refractivity contribution in [1.82, 2.24) is 4.90 Å². The fourth-order valence-electron chi connectivity index (χ4n) is 4.97. The lowest BCUT2D eigenvalue weighted by molar-refractivity contribution is -0.134. The Morgan fingerprint density at radius 1 is 1.09 bits per heavy atom. The summed E-state index contributed by atoms with van der Waals surface area (Å²) in [5, 5.41) is 7.32. The zero-order valence-electron chi connectivity index (χ0n) is 18.1. The fraction of sp³-hybridized carbons (Fsp3) is 0.440. The molecule has 1 atom stereocenters. The molecule has 1 saturated carbocycles. The Bertz CT molecular complexity index is 1000. The van der Waals surface area contributed by atoms with Gasteiger partial charge in [-0.1, -0.05) is 25.0 Å². The van der Waals surface area contributed by atoms with Gasteiger partial charge in [-0.25, -0.2) is 4.39 Å². The number of likely N-dealkylation sites (tertiary alicyclic amines) is 1. The zero-order chi connectivity index (χ0) is 22.0. The molecule has 3 aliphatic rings. The molecule has 32 heavy (non-hydrogen) atoms. The van der Waals surface area contributed by atoms with E-state index in [4.69, 9.17) is 9.73 Å². The van der Waals surface area contributed by atoms with Crippen molar-refractivity contribution >= 4 is 23.1 Å². The Hall–Kier alpha value is -3.09. The predicted molar refractivity (Wildman–Crippen MR) is 124 cm³/mol. The van der Waals surface area contributed by atoms with Crippen LogP contribution in [-0.4, -0.2) is 47.9 Å². The second kappa shape index (κ2) is 8.81. The van der Waals surface area contributed by atoms with Gasteiger partial charge in [0, 0.05) is 6.54 Å². The minimum absolute atomic E-state index is 0.0686. The SMILES string of the molecule is O=C(COc1ccc(F)cc1)N1CCC[C@]2(C1)Nc1ccccc1NC2=NC1CCCC1. The summed E-state index contributed by atoms with van der Waals surface area (Å²) in [7, 11) is 0. The summed E-state index contributed by atoms with van der Waals surface area (Å²) in [6.07, 6.45) is 6.48. The summed E-state index contributed by atoms with van der Waals surface area (Å²) in [4.78, 5) is 20.0. The van der Waals surface area contributed by atoms with Crippen LogP contribution in [0.2, 0.25) is 0 Å². The number of amides is 1. The normalized spacial score (nSPS) is 24.2. The van der Waals surface area contributed by atoms with Crippen LogP contribution in [0.1, 0.15) is 38.5 Å². The van der Waals surface area contributed by atoms with Crippen LogP contribution < -0.4 is 15.4 Å². The molecule has 2 heterocycles. The molecule has 0 unspecified atom stereocenters. The Kier molecular flexibility index (Phi) is 5.72. The van der Waals surface area contributed by atoms with Crippen LogP contribution in [0.25, 0.3) is 0 Å². The number of benzene rings is 2. The summed E-state index contributed by atoms with van der Waals surface area (Å²) in [6.45, 7) is 1.15. The van der Waals surface area contributed by atoms with E-state index >= 15 is 0 Å². The Labute approximate surface area is 187 Å². The Balaban J connectivity index is 1.35. The van der Waals surface area contributed by atoms with Crippen LogP contribution in [0.3, 0.4) is 0 Å². The van der Waals surface area contributed by atoms with Gasteiger partial charge in [0.15, 0.2) is 6.61 Å². The molecule has 0 radical (unpaired) electrons. The number of aliphatic imine (C=N–C) groups is 1. The monoisotopic (exact) mass is 436 g/mol. The Morgan fingerprint density at radius 2 is 1.84 bits per heavy atom. The number of fused-ring (bicyclic) bond motifs is 1. The number of ether oxygens (including phenoxy) is 1. The molecule has 6 nitrogen and oxygen atoms in total. The molecule has 1 amide bonds. The van der Waals surface area contributed by atoms with E-state index in [1.54, 1.807) is 0 Å². The number of nitrogens with zero attached hydrogens (tertiary/aromatic N) is 2. The van der Waals surface area contributed by atoms with E-state index in [0.717, 1.165) is 42.9 Å². The number of carbonyl (C=O) groups is 1. The second-order valence-corrected chi connectivity index (χ2v) is 8.96. The number of rotatable bonds is 4. The minimum Gasteiger partial charge on any atom is -0.484 e. The molecule has 2 N–H and O–H groups in total. The number of amidine groups is 1. The summed E-state index contributed by atoms with van der Waals surface area (Å²) in [5.74, 6) is 1.03. The van der Waals surface area contributed by atoms with Gasteiger partial charge in [-0.15, -0.1) is 0 Å². The molecule has 1 saturated heterocycles. The van der Waals surface area contributed by atoms with E-state index in [9.17, 15) is 9.18 Å². The standard InChI is InChI=1S/C25H29FN4O2/c26-18-10-12-20(13-11-18)32-16-23(31)30-15-5-14-25(17-30)24(27-19-6-1-2-7-19)28-21-8-3-4-9-22(21)29-25/h3-4,8-13,19,29H,1-2,5-7,14-17H2,(H,27,28)/t25-/m1/s1. The first-order chi connectivity index (χ1) is 15.6. The molecule has 2 fully saturated rings. The first kappa shape index (κ1) is 20.8. The molecule has 0 aromatic heterocycles. The highest BCUT2D eigenvalue weighted by Crippen LogP contribution is 2.37. The maximum Gasteiger partial charge on any atom is 0.260 e. The molecule has 5 rings (SSSR count). The van der Waals surface area contributed by atoms with Crippen LogP contribution >= 0.6 is 0 Å². The smallest absolute Gasteiger partial charge is 0.260 e. The maximum absolute atomic E-state index is 13.1. The molecule has 2 aromatic carbocycles. The molecule has 1 spiro atoms. The number of anilines is 2. The van der Waals surface area contributed by atoms with E-state index < -0.39 is 5.54 Å². The van der Waals surface area contributed by atoms with Gasteiger partial charge in [0.2, 0.25) is 0 Å². The van der Waals surface area contributed by atoms with Crippen LogP contribution in [0.5, 0.6) is 5.75 Å². The molecule has 7 heteroatoms. The lowest BCUT2D eigenvalue weighted by atomic mass is 9.85. The van der Waals surface area contributed by atoms with Gasteiger partial charge in [0.1, 0.15) is 22.9 Å². The Morgan fingerprint density at radius 3 is 2.62 bits per heavy atom. The summed E-state index contributed by atoms with van der Waals surface area (Å²) in [6, 6.07) is 14.2. The zero-order valence-corrected chi connectivity index (χ0v) is 18.1. The van der Waals surface area contributed by atoms with Crippen molar-refractivity contribution in [1.29, 1.82) is 0 Å². The van der Waals surface area contributed by atoms with Crippen molar-refractivity contribution in [3.8, 4) is 5.75 Å². The highest BCUT2D eigenvalue weighted by Gasteiger charge is 2.45. The van der Waals surface area contributed by atoms with Crippen molar-refractivity contribution in [3.05, 3.63) is 54.3 Å². The second-order valence-electron chi connectivity index (χ2n) is 8.96. The van der Waals surface area contributed by atoms with Crippen molar-refractivity contribution in [2.45, 2.75) is 50.1 Å². The molecule has 2 aromatic rings. The van der Waals surface area contributed by atoms with E-state index in [0.29, 0.717) is 24.9 Å². The van der Waals surface area contributed by atoms with Gasteiger partial charge >= 0.3 is 0 Å². The number of nitrogens with one attached hydrogen (secondary N) is 2. The summed E-state index contributed by atoms with van der Waals surface area (Å²) in [5.41, 5.74) is 1.63. The van der Waals surface area contributed by atoms with Gasteiger partial charge < -0.3 is 20.3 Å². The van der Waals surface area contributed by atoms with Crippen molar-refractivity contribution in [3.63, 3.8) is 0 Å². The first-order valence-corrected chi connectivity index (χ1v) is 11.5.